The van der Waals surface area contributed by atoms with E-state index in [1.807, 2.05) is 42.5 Å². The number of para-hydroxylation sites is 1. The Morgan fingerprint density at radius 2 is 1.82 bits per heavy atom. The quantitative estimate of drug-likeness (QED) is 0.778. The van der Waals surface area contributed by atoms with Gasteiger partial charge in [-0.3, -0.25) is 0 Å². The molecule has 1 N–H and O–H groups in total. The van der Waals surface area contributed by atoms with Gasteiger partial charge in [-0.25, -0.2) is 9.78 Å². The Morgan fingerprint density at radius 1 is 1.09 bits per heavy atom. The molecule has 0 amide bonds. The van der Waals surface area contributed by atoms with Crippen molar-refractivity contribution >= 4 is 5.97 Å². The third kappa shape index (κ3) is 2.98. The monoisotopic (exact) mass is 295 g/mol. The van der Waals surface area contributed by atoms with Crippen molar-refractivity contribution in [2.75, 3.05) is 0 Å². The molecule has 0 saturated heterocycles. The standard InChI is InChI=1S/C17H13NO4/c19-17(20)15-16(22-11-18-15)13-8-6-12(7-9-13)10-21-14-4-2-1-3-5-14/h1-9,11H,10H2,(H,19,20). The number of nitrogens with zero attached hydrogens (tertiary/aromatic N) is 1. The molecule has 0 atom stereocenters. The molecule has 22 heavy (non-hydrogen) atoms. The molecule has 0 bridgehead atoms. The van der Waals surface area contributed by atoms with E-state index < -0.39 is 5.97 Å². The summed E-state index contributed by atoms with van der Waals surface area (Å²) in [6, 6.07) is 16.8. The van der Waals surface area contributed by atoms with Crippen LogP contribution in [-0.2, 0) is 6.61 Å². The second kappa shape index (κ2) is 6.13. The molecule has 5 nitrogen and oxygen atoms in total. The molecule has 2 aromatic carbocycles. The van der Waals surface area contributed by atoms with E-state index in [0.29, 0.717) is 12.2 Å². The van der Waals surface area contributed by atoms with Crippen LogP contribution in [0.25, 0.3) is 11.3 Å². The van der Waals surface area contributed by atoms with E-state index in [1.165, 1.54) is 0 Å². The highest BCUT2D eigenvalue weighted by Crippen LogP contribution is 2.23. The number of carboxylic acid groups (broad SMARTS) is 1. The number of aromatic nitrogens is 1. The van der Waals surface area contributed by atoms with Gasteiger partial charge in [0.15, 0.2) is 17.8 Å². The molecule has 0 spiro atoms. The van der Waals surface area contributed by atoms with Gasteiger partial charge in [-0.05, 0) is 17.7 Å². The lowest BCUT2D eigenvalue weighted by atomic mass is 10.1. The maximum absolute atomic E-state index is 11.0. The van der Waals surface area contributed by atoms with Crippen molar-refractivity contribution in [1.29, 1.82) is 0 Å². The molecule has 0 aliphatic heterocycles. The lowest BCUT2D eigenvalue weighted by molar-refractivity contribution is 0.0691. The van der Waals surface area contributed by atoms with Crippen LogP contribution >= 0.6 is 0 Å². The third-order valence-electron chi connectivity index (χ3n) is 3.13. The van der Waals surface area contributed by atoms with Gasteiger partial charge in [0.2, 0.25) is 0 Å². The second-order valence-corrected chi connectivity index (χ2v) is 4.63. The Labute approximate surface area is 126 Å². The topological polar surface area (TPSA) is 72.6 Å². The van der Waals surface area contributed by atoms with Gasteiger partial charge < -0.3 is 14.3 Å². The first-order valence-electron chi connectivity index (χ1n) is 6.68. The zero-order chi connectivity index (χ0) is 15.4. The zero-order valence-electron chi connectivity index (χ0n) is 11.6. The van der Waals surface area contributed by atoms with E-state index in [2.05, 4.69) is 4.98 Å². The lowest BCUT2D eigenvalue weighted by Crippen LogP contribution is -1.99. The van der Waals surface area contributed by atoms with Crippen LogP contribution in [0.3, 0.4) is 0 Å². The number of rotatable bonds is 5. The number of carbonyl (C=O) groups is 1. The first-order chi connectivity index (χ1) is 10.7. The minimum Gasteiger partial charge on any atom is -0.489 e. The Hall–Kier alpha value is -3.08. The minimum absolute atomic E-state index is 0.0896. The molecular weight excluding hydrogens is 282 g/mol. The Morgan fingerprint density at radius 3 is 2.50 bits per heavy atom. The van der Waals surface area contributed by atoms with Crippen LogP contribution in [-0.4, -0.2) is 16.1 Å². The minimum atomic E-state index is -1.11. The lowest BCUT2D eigenvalue weighted by Gasteiger charge is -2.06. The van der Waals surface area contributed by atoms with Crippen molar-refractivity contribution in [2.45, 2.75) is 6.61 Å². The fraction of sp³-hybridized carbons (Fsp3) is 0.0588. The third-order valence-corrected chi connectivity index (χ3v) is 3.13. The fourth-order valence-corrected chi connectivity index (χ4v) is 2.04. The van der Waals surface area contributed by atoms with E-state index in [9.17, 15) is 4.79 Å². The Kier molecular flexibility index (Phi) is 3.87. The first kappa shape index (κ1) is 13.9. The number of hydrogen-bond donors (Lipinski definition) is 1. The first-order valence-corrected chi connectivity index (χ1v) is 6.68. The average Bonchev–Trinajstić information content (AvgIpc) is 3.04. The van der Waals surface area contributed by atoms with E-state index >= 15 is 0 Å². The Bertz CT molecular complexity index is 763. The molecule has 3 rings (SSSR count). The average molecular weight is 295 g/mol. The van der Waals surface area contributed by atoms with Crippen molar-refractivity contribution < 1.29 is 19.1 Å². The summed E-state index contributed by atoms with van der Waals surface area (Å²) >= 11 is 0. The molecule has 0 aliphatic carbocycles. The van der Waals surface area contributed by atoms with Crippen molar-refractivity contribution in [3.8, 4) is 17.1 Å². The van der Waals surface area contributed by atoms with Crippen LogP contribution in [0.2, 0.25) is 0 Å². The highest BCUT2D eigenvalue weighted by Gasteiger charge is 2.16. The molecule has 0 aliphatic rings. The summed E-state index contributed by atoms with van der Waals surface area (Å²) in [7, 11) is 0. The predicted octanol–water partition coefficient (Wildman–Crippen LogP) is 3.62. The van der Waals surface area contributed by atoms with Gasteiger partial charge in [0.25, 0.3) is 0 Å². The largest absolute Gasteiger partial charge is 0.489 e. The van der Waals surface area contributed by atoms with E-state index in [1.54, 1.807) is 12.1 Å². The second-order valence-electron chi connectivity index (χ2n) is 4.63. The van der Waals surface area contributed by atoms with Crippen LogP contribution in [0.5, 0.6) is 5.75 Å². The number of aromatic carboxylic acids is 1. The van der Waals surface area contributed by atoms with Gasteiger partial charge in [0, 0.05) is 5.56 Å². The van der Waals surface area contributed by atoms with Crippen molar-refractivity contribution in [2.24, 2.45) is 0 Å². The summed E-state index contributed by atoms with van der Waals surface area (Å²) < 4.78 is 10.8. The summed E-state index contributed by atoms with van der Waals surface area (Å²) in [6.07, 6.45) is 1.13. The molecule has 110 valence electrons. The smallest absolute Gasteiger partial charge is 0.358 e. The summed E-state index contributed by atoms with van der Waals surface area (Å²) in [5.41, 5.74) is 1.55. The van der Waals surface area contributed by atoms with Crippen molar-refractivity contribution in [3.05, 3.63) is 72.2 Å². The van der Waals surface area contributed by atoms with Crippen molar-refractivity contribution in [1.82, 2.24) is 4.98 Å². The van der Waals surface area contributed by atoms with E-state index in [4.69, 9.17) is 14.3 Å². The van der Waals surface area contributed by atoms with Gasteiger partial charge in [0.05, 0.1) is 0 Å². The predicted molar refractivity (Wildman–Crippen MR) is 79.7 cm³/mol. The van der Waals surface area contributed by atoms with Crippen LogP contribution in [0.1, 0.15) is 16.1 Å². The van der Waals surface area contributed by atoms with Crippen LogP contribution < -0.4 is 4.74 Å². The number of hydrogen-bond acceptors (Lipinski definition) is 4. The summed E-state index contributed by atoms with van der Waals surface area (Å²) in [5, 5.41) is 9.04. The number of carboxylic acids is 1. The molecular formula is C17H13NO4. The molecule has 1 aromatic heterocycles. The molecule has 1 heterocycles. The number of benzene rings is 2. The normalized spacial score (nSPS) is 10.4. The Balaban J connectivity index is 1.73. The summed E-state index contributed by atoms with van der Waals surface area (Å²) in [6.45, 7) is 0.437. The maximum Gasteiger partial charge on any atom is 0.358 e. The molecule has 3 aromatic rings. The van der Waals surface area contributed by atoms with E-state index in [0.717, 1.165) is 17.7 Å². The molecule has 0 saturated carbocycles. The van der Waals surface area contributed by atoms with Gasteiger partial charge >= 0.3 is 5.97 Å². The van der Waals surface area contributed by atoms with E-state index in [-0.39, 0.29) is 11.5 Å². The summed E-state index contributed by atoms with van der Waals surface area (Å²) in [4.78, 5) is 14.7. The molecule has 0 radical (unpaired) electrons. The van der Waals surface area contributed by atoms with Gasteiger partial charge in [-0.1, -0.05) is 42.5 Å². The molecule has 0 unspecified atom stereocenters. The van der Waals surface area contributed by atoms with Crippen molar-refractivity contribution in [3.63, 3.8) is 0 Å². The number of oxazole rings is 1. The molecule has 0 fully saturated rings. The fourth-order valence-electron chi connectivity index (χ4n) is 2.04. The zero-order valence-corrected chi connectivity index (χ0v) is 11.6. The summed E-state index contributed by atoms with van der Waals surface area (Å²) in [5.74, 6) is -0.0572. The van der Waals surface area contributed by atoms with Crippen LogP contribution in [0, 0.1) is 0 Å². The van der Waals surface area contributed by atoms with Gasteiger partial charge in [-0.2, -0.15) is 0 Å². The van der Waals surface area contributed by atoms with Crippen LogP contribution in [0.4, 0.5) is 0 Å². The van der Waals surface area contributed by atoms with Gasteiger partial charge in [-0.15, -0.1) is 0 Å². The maximum atomic E-state index is 11.0. The SMILES string of the molecule is O=C(O)c1ncoc1-c1ccc(COc2ccccc2)cc1. The molecule has 5 heteroatoms. The van der Waals surface area contributed by atoms with Crippen LogP contribution in [0.15, 0.2) is 65.4 Å². The van der Waals surface area contributed by atoms with Gasteiger partial charge in [0.1, 0.15) is 12.4 Å². The number of ether oxygens (including phenoxy) is 1. The highest BCUT2D eigenvalue weighted by atomic mass is 16.5. The highest BCUT2D eigenvalue weighted by molar-refractivity contribution is 5.92.